The van der Waals surface area contributed by atoms with Crippen molar-refractivity contribution in [2.24, 2.45) is 11.8 Å². The molecule has 0 saturated carbocycles. The zero-order chi connectivity index (χ0) is 17.9. The van der Waals surface area contributed by atoms with Gasteiger partial charge in [-0.1, -0.05) is 79.2 Å². The van der Waals surface area contributed by atoms with Crippen molar-refractivity contribution in [3.8, 4) is 0 Å². The minimum absolute atomic E-state index is 0.201. The quantitative estimate of drug-likeness (QED) is 0.758. The van der Waals surface area contributed by atoms with E-state index in [0.29, 0.717) is 6.42 Å². The average Bonchev–Trinajstić information content (AvgIpc) is 3.00. The summed E-state index contributed by atoms with van der Waals surface area (Å²) in [5.41, 5.74) is 0.964. The lowest BCUT2D eigenvalue weighted by molar-refractivity contribution is -0.306. The van der Waals surface area contributed by atoms with Crippen molar-refractivity contribution in [2.75, 3.05) is 0 Å². The molecular formula is C22H24O2P-. The van der Waals surface area contributed by atoms with Gasteiger partial charge in [0.05, 0.1) is 0 Å². The molecule has 0 heterocycles. The highest BCUT2D eigenvalue weighted by Gasteiger charge is 2.26. The van der Waals surface area contributed by atoms with Crippen LogP contribution in [0, 0.1) is 11.8 Å². The van der Waals surface area contributed by atoms with Gasteiger partial charge in [-0.15, -0.1) is 5.76 Å². The summed E-state index contributed by atoms with van der Waals surface area (Å²) in [5, 5.41) is 13.5. The Morgan fingerprint density at radius 1 is 1.04 bits per heavy atom. The lowest BCUT2D eigenvalue weighted by atomic mass is 9.89. The van der Waals surface area contributed by atoms with E-state index in [1.165, 1.54) is 0 Å². The van der Waals surface area contributed by atoms with Crippen molar-refractivity contribution < 1.29 is 9.67 Å². The van der Waals surface area contributed by atoms with Gasteiger partial charge in [-0.05, 0) is 37.4 Å². The summed E-state index contributed by atoms with van der Waals surface area (Å²) < 4.78 is 13.9. The van der Waals surface area contributed by atoms with E-state index in [9.17, 15) is 9.67 Å². The maximum absolute atomic E-state index is 13.9. The van der Waals surface area contributed by atoms with Crippen molar-refractivity contribution in [1.29, 1.82) is 0 Å². The minimum atomic E-state index is -2.83. The van der Waals surface area contributed by atoms with Crippen molar-refractivity contribution in [1.82, 2.24) is 0 Å². The summed E-state index contributed by atoms with van der Waals surface area (Å²) in [6.07, 6.45) is 3.59. The van der Waals surface area contributed by atoms with Crippen LogP contribution >= 0.6 is 7.14 Å². The normalized spacial score (nSPS) is 19.5. The Morgan fingerprint density at radius 2 is 1.56 bits per heavy atom. The second kappa shape index (κ2) is 7.45. The Hall–Kier alpha value is -2.05. The Morgan fingerprint density at radius 3 is 2.00 bits per heavy atom. The van der Waals surface area contributed by atoms with E-state index in [0.717, 1.165) is 22.6 Å². The largest absolute Gasteiger partial charge is 0.875 e. The van der Waals surface area contributed by atoms with Crippen LogP contribution in [0.2, 0.25) is 0 Å². The number of allylic oxidation sites excluding steroid dienone is 3. The predicted octanol–water partition coefficient (Wildman–Crippen LogP) is 4.19. The summed E-state index contributed by atoms with van der Waals surface area (Å²) in [6, 6.07) is 19.3. The smallest absolute Gasteiger partial charge is 0.163 e. The molecule has 130 valence electrons. The molecule has 2 aromatic rings. The average molecular weight is 351 g/mol. The van der Waals surface area contributed by atoms with Gasteiger partial charge < -0.3 is 9.67 Å². The molecule has 0 aliphatic heterocycles. The fraction of sp³-hybridized carbons (Fsp3) is 0.273. The predicted molar refractivity (Wildman–Crippen MR) is 103 cm³/mol. The third-order valence-electron chi connectivity index (χ3n) is 5.19. The molecule has 2 atom stereocenters. The first kappa shape index (κ1) is 17.8. The van der Waals surface area contributed by atoms with E-state index in [-0.39, 0.29) is 17.6 Å². The Labute approximate surface area is 150 Å². The maximum Gasteiger partial charge on any atom is 0.163 e. The molecule has 0 bridgehead atoms. The van der Waals surface area contributed by atoms with Crippen LogP contribution in [0.3, 0.4) is 0 Å². The third-order valence-corrected chi connectivity index (χ3v) is 7.91. The van der Waals surface area contributed by atoms with Crippen LogP contribution in [-0.4, -0.2) is 0 Å². The second-order valence-electron chi connectivity index (χ2n) is 6.78. The molecule has 0 unspecified atom stereocenters. The molecule has 0 aromatic heterocycles. The van der Waals surface area contributed by atoms with Gasteiger partial charge in [-0.2, -0.15) is 0 Å². The molecule has 0 radical (unpaired) electrons. The van der Waals surface area contributed by atoms with Gasteiger partial charge in [0.2, 0.25) is 0 Å². The highest BCUT2D eigenvalue weighted by Crippen LogP contribution is 2.46. The lowest BCUT2D eigenvalue weighted by Gasteiger charge is -2.20. The van der Waals surface area contributed by atoms with E-state index < -0.39 is 7.14 Å². The van der Waals surface area contributed by atoms with E-state index in [4.69, 9.17) is 0 Å². The molecule has 1 aliphatic carbocycles. The third kappa shape index (κ3) is 3.65. The summed E-state index contributed by atoms with van der Waals surface area (Å²) in [4.78, 5) is 0. The topological polar surface area (TPSA) is 40.1 Å². The van der Waals surface area contributed by atoms with E-state index in [1.807, 2.05) is 79.5 Å². The van der Waals surface area contributed by atoms with Crippen LogP contribution in [0.4, 0.5) is 0 Å². The van der Waals surface area contributed by atoms with E-state index >= 15 is 0 Å². The fourth-order valence-electron chi connectivity index (χ4n) is 3.58. The van der Waals surface area contributed by atoms with Gasteiger partial charge in [0.25, 0.3) is 0 Å². The van der Waals surface area contributed by atoms with Gasteiger partial charge in [-0.25, -0.2) is 0 Å². The zero-order valence-corrected chi connectivity index (χ0v) is 15.7. The zero-order valence-electron chi connectivity index (χ0n) is 14.8. The Kier molecular flexibility index (Phi) is 5.30. The summed E-state index contributed by atoms with van der Waals surface area (Å²) >= 11 is 0. The van der Waals surface area contributed by atoms with Gasteiger partial charge in [0.1, 0.15) is 0 Å². The monoisotopic (exact) mass is 351 g/mol. The summed E-state index contributed by atoms with van der Waals surface area (Å²) in [7, 11) is -2.83. The lowest BCUT2D eigenvalue weighted by Crippen LogP contribution is -2.15. The van der Waals surface area contributed by atoms with Crippen LogP contribution in [0.25, 0.3) is 0 Å². The SMILES string of the molecule is CC1=C([O-])CC[C@@H]1[C@H](C)/C=C/P(=O)(c1ccccc1)c1ccccc1. The number of benzene rings is 2. The van der Waals surface area contributed by atoms with Gasteiger partial charge >= 0.3 is 0 Å². The molecular weight excluding hydrogens is 327 g/mol. The van der Waals surface area contributed by atoms with E-state index in [2.05, 4.69) is 6.92 Å². The van der Waals surface area contributed by atoms with Crippen molar-refractivity contribution >= 4 is 17.8 Å². The highest BCUT2D eigenvalue weighted by molar-refractivity contribution is 7.81. The first-order valence-corrected chi connectivity index (χ1v) is 10.6. The standard InChI is InChI=1S/C22H25O2P/c1-17(21-13-14-22(23)18(21)2)15-16-25(24,19-9-5-3-6-10-19)20-11-7-4-8-12-20/h3-12,15-17,21,23H,13-14H2,1-2H3/p-1/b16-15+/t17-,21-/m1/s1. The van der Waals surface area contributed by atoms with Crippen LogP contribution in [-0.2, 0) is 4.57 Å². The molecule has 3 rings (SSSR count). The van der Waals surface area contributed by atoms with Crippen LogP contribution in [0.5, 0.6) is 0 Å². The summed E-state index contributed by atoms with van der Waals surface area (Å²) in [5.74, 6) is 2.63. The molecule has 0 fully saturated rings. The van der Waals surface area contributed by atoms with Gasteiger partial charge in [-0.3, -0.25) is 0 Å². The number of rotatable bonds is 5. The van der Waals surface area contributed by atoms with Crippen molar-refractivity contribution in [3.05, 3.63) is 83.9 Å². The molecule has 0 amide bonds. The van der Waals surface area contributed by atoms with Crippen LogP contribution < -0.4 is 15.7 Å². The maximum atomic E-state index is 13.9. The molecule has 2 aromatic carbocycles. The van der Waals surface area contributed by atoms with Crippen molar-refractivity contribution in [2.45, 2.75) is 26.7 Å². The highest BCUT2D eigenvalue weighted by atomic mass is 31.2. The van der Waals surface area contributed by atoms with Crippen LogP contribution in [0.1, 0.15) is 26.7 Å². The van der Waals surface area contributed by atoms with Gasteiger partial charge in [0, 0.05) is 10.6 Å². The summed E-state index contributed by atoms with van der Waals surface area (Å²) in [6.45, 7) is 4.06. The van der Waals surface area contributed by atoms with Gasteiger partial charge in [0.15, 0.2) is 7.14 Å². The fourth-order valence-corrected chi connectivity index (χ4v) is 5.96. The first-order chi connectivity index (χ1) is 12.0. The Balaban J connectivity index is 1.95. The van der Waals surface area contributed by atoms with E-state index in [1.54, 1.807) is 0 Å². The first-order valence-electron chi connectivity index (χ1n) is 8.79. The van der Waals surface area contributed by atoms with Crippen molar-refractivity contribution in [3.63, 3.8) is 0 Å². The molecule has 2 nitrogen and oxygen atoms in total. The second-order valence-corrected chi connectivity index (χ2v) is 9.43. The minimum Gasteiger partial charge on any atom is -0.875 e. The Bertz CT molecular complexity index is 778. The molecule has 25 heavy (non-hydrogen) atoms. The molecule has 0 spiro atoms. The molecule has 0 N–H and O–H groups in total. The van der Waals surface area contributed by atoms with Crippen LogP contribution in [0.15, 0.2) is 83.9 Å². The molecule has 3 heteroatoms. The number of hydrogen-bond acceptors (Lipinski definition) is 2. The molecule has 1 aliphatic rings. The number of hydrogen-bond donors (Lipinski definition) is 0. The molecule has 0 saturated heterocycles.